The Labute approximate surface area is 141 Å². The smallest absolute Gasteiger partial charge is 0.179 e. The molecule has 0 spiro atoms. The van der Waals surface area contributed by atoms with Gasteiger partial charge in [-0.25, -0.2) is 0 Å². The first kappa shape index (κ1) is 17.0. The van der Waals surface area contributed by atoms with Crippen molar-refractivity contribution in [1.82, 2.24) is 0 Å². The molecule has 120 valence electrons. The van der Waals surface area contributed by atoms with Crippen molar-refractivity contribution in [3.05, 3.63) is 52.5 Å². The van der Waals surface area contributed by atoms with Gasteiger partial charge in [-0.1, -0.05) is 30.7 Å². The third-order valence-electron chi connectivity index (χ3n) is 3.29. The van der Waals surface area contributed by atoms with Crippen LogP contribution in [0.25, 0.3) is 0 Å². The van der Waals surface area contributed by atoms with Crippen molar-refractivity contribution >= 4 is 11.6 Å². The summed E-state index contributed by atoms with van der Waals surface area (Å²) in [5.74, 6) is 1.64. The van der Waals surface area contributed by atoms with Gasteiger partial charge in [0.2, 0.25) is 0 Å². The molecule has 0 saturated heterocycles. The highest BCUT2D eigenvalue weighted by molar-refractivity contribution is 6.32. The van der Waals surface area contributed by atoms with Crippen LogP contribution in [0.3, 0.4) is 0 Å². The number of nitrogens with zero attached hydrogens (tertiary/aromatic N) is 1. The van der Waals surface area contributed by atoms with Gasteiger partial charge in [0, 0.05) is 6.07 Å². The minimum atomic E-state index is 0.317. The zero-order chi connectivity index (χ0) is 16.7. The summed E-state index contributed by atoms with van der Waals surface area (Å²) in [6, 6.07) is 13.1. The van der Waals surface area contributed by atoms with E-state index in [4.69, 9.17) is 31.1 Å². The fourth-order valence-corrected chi connectivity index (χ4v) is 2.31. The maximum absolute atomic E-state index is 8.93. The Morgan fingerprint density at radius 1 is 1.09 bits per heavy atom. The van der Waals surface area contributed by atoms with E-state index in [9.17, 15) is 0 Å². The number of rotatable bonds is 7. The SMILES string of the molecule is CCc1ccc(OCCOc2c(Cl)cc(C#N)cc2OC)cc1. The highest BCUT2D eigenvalue weighted by atomic mass is 35.5. The van der Waals surface area contributed by atoms with E-state index in [2.05, 4.69) is 6.92 Å². The van der Waals surface area contributed by atoms with Crippen LogP contribution in [0, 0.1) is 11.3 Å². The molecule has 0 radical (unpaired) electrons. The first-order valence-electron chi connectivity index (χ1n) is 7.30. The summed E-state index contributed by atoms with van der Waals surface area (Å²) in [6.45, 7) is 2.81. The lowest BCUT2D eigenvalue weighted by Gasteiger charge is -2.13. The van der Waals surface area contributed by atoms with Crippen LogP contribution in [0.1, 0.15) is 18.1 Å². The summed E-state index contributed by atoms with van der Waals surface area (Å²) in [4.78, 5) is 0. The second-order valence-corrected chi connectivity index (χ2v) is 5.20. The van der Waals surface area contributed by atoms with Crippen molar-refractivity contribution < 1.29 is 14.2 Å². The van der Waals surface area contributed by atoms with Crippen molar-refractivity contribution in [1.29, 1.82) is 5.26 Å². The minimum absolute atomic E-state index is 0.317. The van der Waals surface area contributed by atoms with Gasteiger partial charge in [0.15, 0.2) is 11.5 Å². The van der Waals surface area contributed by atoms with Gasteiger partial charge in [-0.15, -0.1) is 0 Å². The molecule has 0 unspecified atom stereocenters. The maximum Gasteiger partial charge on any atom is 0.179 e. The Balaban J connectivity index is 1.92. The molecule has 0 amide bonds. The Bertz CT molecular complexity index is 693. The largest absolute Gasteiger partial charge is 0.493 e. The average molecular weight is 332 g/mol. The van der Waals surface area contributed by atoms with E-state index in [-0.39, 0.29) is 0 Å². The number of aryl methyl sites for hydroxylation is 1. The number of hydrogen-bond donors (Lipinski definition) is 0. The third kappa shape index (κ3) is 4.54. The second-order valence-electron chi connectivity index (χ2n) is 4.80. The zero-order valence-corrected chi connectivity index (χ0v) is 13.9. The molecule has 0 aromatic heterocycles. The molecule has 2 rings (SSSR count). The predicted molar refractivity (Wildman–Crippen MR) is 89.5 cm³/mol. The van der Waals surface area contributed by atoms with Crippen molar-refractivity contribution in [2.24, 2.45) is 0 Å². The Morgan fingerprint density at radius 3 is 2.39 bits per heavy atom. The van der Waals surface area contributed by atoms with E-state index < -0.39 is 0 Å². The molecule has 5 heteroatoms. The molecule has 0 aliphatic heterocycles. The van der Waals surface area contributed by atoms with E-state index in [1.165, 1.54) is 12.7 Å². The predicted octanol–water partition coefficient (Wildman–Crippen LogP) is 4.24. The molecule has 0 atom stereocenters. The van der Waals surface area contributed by atoms with Crippen molar-refractivity contribution in [3.63, 3.8) is 0 Å². The van der Waals surface area contributed by atoms with Crippen LogP contribution < -0.4 is 14.2 Å². The van der Waals surface area contributed by atoms with Gasteiger partial charge >= 0.3 is 0 Å². The number of ether oxygens (including phenoxy) is 3. The molecular formula is C18H18ClNO3. The van der Waals surface area contributed by atoms with Crippen LogP contribution in [-0.4, -0.2) is 20.3 Å². The Hall–Kier alpha value is -2.38. The molecule has 2 aromatic rings. The van der Waals surface area contributed by atoms with Gasteiger partial charge < -0.3 is 14.2 Å². The summed E-state index contributed by atoms with van der Waals surface area (Å²) >= 11 is 6.12. The van der Waals surface area contributed by atoms with Gasteiger partial charge in [-0.3, -0.25) is 0 Å². The van der Waals surface area contributed by atoms with E-state index >= 15 is 0 Å². The molecule has 0 fully saturated rings. The number of hydrogen-bond acceptors (Lipinski definition) is 4. The molecule has 23 heavy (non-hydrogen) atoms. The summed E-state index contributed by atoms with van der Waals surface area (Å²) < 4.78 is 16.5. The number of benzene rings is 2. The quantitative estimate of drug-likeness (QED) is 0.712. The van der Waals surface area contributed by atoms with E-state index in [0.29, 0.717) is 35.3 Å². The highest BCUT2D eigenvalue weighted by Gasteiger charge is 2.12. The van der Waals surface area contributed by atoms with E-state index in [0.717, 1.165) is 12.2 Å². The molecule has 0 saturated carbocycles. The molecule has 0 aliphatic rings. The highest BCUT2D eigenvalue weighted by Crippen LogP contribution is 2.36. The summed E-state index contributed by atoms with van der Waals surface area (Å²) in [6.07, 6.45) is 1.00. The standard InChI is InChI=1S/C18H18ClNO3/c1-3-13-4-6-15(7-5-13)22-8-9-23-18-16(19)10-14(12-20)11-17(18)21-2/h4-7,10-11H,3,8-9H2,1-2H3. The lowest BCUT2D eigenvalue weighted by atomic mass is 10.2. The van der Waals surface area contributed by atoms with Crippen LogP contribution in [0.15, 0.2) is 36.4 Å². The van der Waals surface area contributed by atoms with Crippen molar-refractivity contribution in [2.45, 2.75) is 13.3 Å². The van der Waals surface area contributed by atoms with Gasteiger partial charge in [0.25, 0.3) is 0 Å². The topological polar surface area (TPSA) is 51.5 Å². The van der Waals surface area contributed by atoms with Gasteiger partial charge in [-0.2, -0.15) is 5.26 Å². The molecule has 0 heterocycles. The summed E-state index contributed by atoms with van der Waals surface area (Å²) in [5, 5.41) is 9.27. The van der Waals surface area contributed by atoms with Gasteiger partial charge in [0.05, 0.1) is 23.8 Å². The van der Waals surface area contributed by atoms with Gasteiger partial charge in [0.1, 0.15) is 19.0 Å². The van der Waals surface area contributed by atoms with Crippen LogP contribution in [-0.2, 0) is 6.42 Å². The Kier molecular flexibility index (Phi) is 6.13. The molecule has 0 N–H and O–H groups in total. The minimum Gasteiger partial charge on any atom is -0.493 e. The van der Waals surface area contributed by atoms with Crippen molar-refractivity contribution in [2.75, 3.05) is 20.3 Å². The van der Waals surface area contributed by atoms with Gasteiger partial charge in [-0.05, 0) is 30.2 Å². The number of nitriles is 1. The van der Waals surface area contributed by atoms with E-state index in [1.807, 2.05) is 30.3 Å². The number of halogens is 1. The van der Waals surface area contributed by atoms with Crippen LogP contribution in [0.5, 0.6) is 17.2 Å². The lowest BCUT2D eigenvalue weighted by molar-refractivity contribution is 0.211. The fourth-order valence-electron chi connectivity index (χ4n) is 2.05. The summed E-state index contributed by atoms with van der Waals surface area (Å²) in [5.41, 5.74) is 1.69. The first-order valence-corrected chi connectivity index (χ1v) is 7.68. The molecule has 0 aliphatic carbocycles. The Morgan fingerprint density at radius 2 is 1.78 bits per heavy atom. The second kappa shape index (κ2) is 8.30. The first-order chi connectivity index (χ1) is 11.2. The van der Waals surface area contributed by atoms with E-state index in [1.54, 1.807) is 12.1 Å². The molecule has 0 bridgehead atoms. The monoisotopic (exact) mass is 331 g/mol. The normalized spacial score (nSPS) is 10.0. The maximum atomic E-state index is 8.93. The molecule has 4 nitrogen and oxygen atoms in total. The lowest BCUT2D eigenvalue weighted by Crippen LogP contribution is -2.10. The zero-order valence-electron chi connectivity index (χ0n) is 13.1. The molecule has 2 aromatic carbocycles. The summed E-state index contributed by atoms with van der Waals surface area (Å²) in [7, 11) is 1.51. The van der Waals surface area contributed by atoms with Crippen LogP contribution >= 0.6 is 11.6 Å². The van der Waals surface area contributed by atoms with Crippen LogP contribution in [0.4, 0.5) is 0 Å². The molecular weight excluding hydrogens is 314 g/mol. The van der Waals surface area contributed by atoms with Crippen molar-refractivity contribution in [3.8, 4) is 23.3 Å². The van der Waals surface area contributed by atoms with Crippen LogP contribution in [0.2, 0.25) is 5.02 Å². The number of methoxy groups -OCH3 is 1. The average Bonchev–Trinajstić information content (AvgIpc) is 2.59. The third-order valence-corrected chi connectivity index (χ3v) is 3.57. The fraction of sp³-hybridized carbons (Fsp3) is 0.278.